The van der Waals surface area contributed by atoms with Gasteiger partial charge in [-0.2, -0.15) is 0 Å². The van der Waals surface area contributed by atoms with Crippen LogP contribution in [0.1, 0.15) is 66.2 Å². The highest BCUT2D eigenvalue weighted by Crippen LogP contribution is 2.62. The normalized spacial score (nSPS) is 36.7. The van der Waals surface area contributed by atoms with Gasteiger partial charge in [-0.15, -0.1) is 0 Å². The maximum Gasteiger partial charge on any atom is 0.331 e. The van der Waals surface area contributed by atoms with Crippen LogP contribution in [0.5, 0.6) is 0 Å². The third-order valence-corrected chi connectivity index (χ3v) is 6.86. The van der Waals surface area contributed by atoms with Crippen LogP contribution in [-0.4, -0.2) is 22.2 Å². The van der Waals surface area contributed by atoms with Gasteiger partial charge in [-0.1, -0.05) is 32.4 Å². The average molecular weight is 334 g/mol. The highest BCUT2D eigenvalue weighted by molar-refractivity contribution is 5.88. The molecular formula is C20H30O4. The summed E-state index contributed by atoms with van der Waals surface area (Å²) in [6.07, 6.45) is 8.68. The third-order valence-electron chi connectivity index (χ3n) is 6.86. The number of aliphatic carboxylic acids is 2. The molecule has 2 aliphatic rings. The molecule has 24 heavy (non-hydrogen) atoms. The summed E-state index contributed by atoms with van der Waals surface area (Å²) >= 11 is 0. The summed E-state index contributed by atoms with van der Waals surface area (Å²) < 4.78 is 0. The SMILES string of the molecule is C/C(=C\C(=O)O)CC[C@@]1(C)[C@H](C)CC[C@]2(C)C(C(=O)O)=CCC[C@H]12. The van der Waals surface area contributed by atoms with E-state index in [9.17, 15) is 14.7 Å². The quantitative estimate of drug-likeness (QED) is 0.717. The van der Waals surface area contributed by atoms with Gasteiger partial charge in [0.25, 0.3) is 0 Å². The third kappa shape index (κ3) is 3.28. The molecule has 4 heteroatoms. The van der Waals surface area contributed by atoms with E-state index in [-0.39, 0.29) is 10.8 Å². The lowest BCUT2D eigenvalue weighted by atomic mass is 9.46. The van der Waals surface area contributed by atoms with Gasteiger partial charge in [0, 0.05) is 17.1 Å². The molecular weight excluding hydrogens is 304 g/mol. The van der Waals surface area contributed by atoms with Crippen LogP contribution in [-0.2, 0) is 9.59 Å². The molecule has 4 atom stereocenters. The second-order valence-electron chi connectivity index (χ2n) is 8.24. The number of carboxylic acid groups (broad SMARTS) is 2. The van der Waals surface area contributed by atoms with E-state index in [1.807, 2.05) is 13.0 Å². The van der Waals surface area contributed by atoms with Gasteiger partial charge in [-0.3, -0.25) is 0 Å². The molecule has 2 N–H and O–H groups in total. The molecule has 1 fully saturated rings. The Morgan fingerprint density at radius 2 is 1.96 bits per heavy atom. The Hall–Kier alpha value is -1.58. The number of hydrogen-bond donors (Lipinski definition) is 2. The maximum atomic E-state index is 11.8. The summed E-state index contributed by atoms with van der Waals surface area (Å²) in [6, 6.07) is 0. The summed E-state index contributed by atoms with van der Waals surface area (Å²) in [5, 5.41) is 18.6. The van der Waals surface area contributed by atoms with Crippen molar-refractivity contribution in [3.05, 3.63) is 23.3 Å². The summed E-state index contributed by atoms with van der Waals surface area (Å²) in [5.74, 6) is -0.821. The monoisotopic (exact) mass is 334 g/mol. The van der Waals surface area contributed by atoms with Crippen molar-refractivity contribution in [2.24, 2.45) is 22.7 Å². The van der Waals surface area contributed by atoms with Crippen molar-refractivity contribution in [2.75, 3.05) is 0 Å². The summed E-state index contributed by atoms with van der Waals surface area (Å²) in [6.45, 7) is 8.56. The lowest BCUT2D eigenvalue weighted by Gasteiger charge is -2.57. The fourth-order valence-corrected chi connectivity index (χ4v) is 5.19. The molecule has 4 nitrogen and oxygen atoms in total. The van der Waals surface area contributed by atoms with Crippen LogP contribution in [0.3, 0.4) is 0 Å². The maximum absolute atomic E-state index is 11.8. The zero-order valence-electron chi connectivity index (χ0n) is 15.3. The summed E-state index contributed by atoms with van der Waals surface area (Å²) in [7, 11) is 0. The van der Waals surface area contributed by atoms with Gasteiger partial charge in [0.15, 0.2) is 0 Å². The number of allylic oxidation sites excluding steroid dienone is 2. The molecule has 0 aromatic heterocycles. The van der Waals surface area contributed by atoms with Crippen molar-refractivity contribution in [3.63, 3.8) is 0 Å². The number of fused-ring (bicyclic) bond motifs is 1. The minimum Gasteiger partial charge on any atom is -0.478 e. The number of carbonyl (C=O) groups is 2. The smallest absolute Gasteiger partial charge is 0.331 e. The van der Waals surface area contributed by atoms with E-state index in [1.54, 1.807) is 0 Å². The van der Waals surface area contributed by atoms with Crippen LogP contribution in [0.25, 0.3) is 0 Å². The first kappa shape index (κ1) is 18.8. The molecule has 0 spiro atoms. The molecule has 0 amide bonds. The van der Waals surface area contributed by atoms with Gasteiger partial charge < -0.3 is 10.2 Å². The van der Waals surface area contributed by atoms with Crippen LogP contribution < -0.4 is 0 Å². The first-order valence-electron chi connectivity index (χ1n) is 8.95. The van der Waals surface area contributed by atoms with Crippen LogP contribution in [0.4, 0.5) is 0 Å². The van der Waals surface area contributed by atoms with Crippen LogP contribution >= 0.6 is 0 Å². The van der Waals surface area contributed by atoms with E-state index in [0.717, 1.165) is 44.1 Å². The number of hydrogen-bond acceptors (Lipinski definition) is 2. The molecule has 0 aliphatic heterocycles. The molecule has 2 rings (SSSR count). The molecule has 0 unspecified atom stereocenters. The minimum atomic E-state index is -0.895. The molecule has 0 bridgehead atoms. The Morgan fingerprint density at radius 1 is 1.29 bits per heavy atom. The molecule has 0 saturated heterocycles. The highest BCUT2D eigenvalue weighted by atomic mass is 16.4. The molecule has 2 aliphatic carbocycles. The van der Waals surface area contributed by atoms with Gasteiger partial charge in [0.2, 0.25) is 0 Å². The Kier molecular flexibility index (Phi) is 5.26. The van der Waals surface area contributed by atoms with Crippen molar-refractivity contribution in [3.8, 4) is 0 Å². The van der Waals surface area contributed by atoms with Crippen molar-refractivity contribution in [1.82, 2.24) is 0 Å². The summed E-state index contributed by atoms with van der Waals surface area (Å²) in [5.41, 5.74) is 1.24. The fourth-order valence-electron chi connectivity index (χ4n) is 5.19. The van der Waals surface area contributed by atoms with E-state index < -0.39 is 11.9 Å². The van der Waals surface area contributed by atoms with E-state index in [2.05, 4.69) is 20.8 Å². The summed E-state index contributed by atoms with van der Waals surface area (Å²) in [4.78, 5) is 22.6. The molecule has 134 valence electrons. The van der Waals surface area contributed by atoms with Gasteiger partial charge >= 0.3 is 11.9 Å². The predicted octanol–water partition coefficient (Wildman–Crippen LogP) is 4.66. The zero-order valence-corrected chi connectivity index (χ0v) is 15.3. The predicted molar refractivity (Wildman–Crippen MR) is 93.7 cm³/mol. The Balaban J connectivity index is 2.29. The second kappa shape index (κ2) is 6.73. The van der Waals surface area contributed by atoms with E-state index in [1.165, 1.54) is 6.08 Å². The Bertz CT molecular complexity index is 588. The number of rotatable bonds is 5. The Labute approximate surface area is 144 Å². The lowest BCUT2D eigenvalue weighted by Crippen LogP contribution is -2.51. The fraction of sp³-hybridized carbons (Fsp3) is 0.700. The Morgan fingerprint density at radius 3 is 2.54 bits per heavy atom. The highest BCUT2D eigenvalue weighted by Gasteiger charge is 2.55. The minimum absolute atomic E-state index is 0.0373. The van der Waals surface area contributed by atoms with Crippen LogP contribution in [0, 0.1) is 22.7 Å². The largest absolute Gasteiger partial charge is 0.478 e. The van der Waals surface area contributed by atoms with Crippen molar-refractivity contribution >= 4 is 11.9 Å². The van der Waals surface area contributed by atoms with Gasteiger partial charge in [-0.05, 0) is 62.7 Å². The van der Waals surface area contributed by atoms with Gasteiger partial charge in [0.1, 0.15) is 0 Å². The first-order chi connectivity index (χ1) is 11.1. The lowest BCUT2D eigenvalue weighted by molar-refractivity contribution is -0.137. The molecule has 0 heterocycles. The molecule has 0 radical (unpaired) electrons. The zero-order chi connectivity index (χ0) is 18.1. The van der Waals surface area contributed by atoms with Crippen molar-refractivity contribution in [1.29, 1.82) is 0 Å². The van der Waals surface area contributed by atoms with E-state index in [0.29, 0.717) is 17.4 Å². The van der Waals surface area contributed by atoms with E-state index >= 15 is 0 Å². The van der Waals surface area contributed by atoms with Crippen LogP contribution in [0.15, 0.2) is 23.3 Å². The first-order valence-corrected chi connectivity index (χ1v) is 8.95. The number of carboxylic acids is 2. The second-order valence-corrected chi connectivity index (χ2v) is 8.24. The van der Waals surface area contributed by atoms with E-state index in [4.69, 9.17) is 5.11 Å². The molecule has 0 aromatic rings. The van der Waals surface area contributed by atoms with Crippen molar-refractivity contribution in [2.45, 2.75) is 66.2 Å². The molecule has 0 aromatic carbocycles. The van der Waals surface area contributed by atoms with Gasteiger partial charge in [0.05, 0.1) is 0 Å². The van der Waals surface area contributed by atoms with Gasteiger partial charge in [-0.25, -0.2) is 9.59 Å². The standard InChI is InChI=1S/C20H30O4/c1-13(12-17(21)22)8-10-19(3)14(2)9-11-20(4)15(18(23)24)6-5-7-16(19)20/h6,12,14,16H,5,7-11H2,1-4H3,(H,21,22)(H,23,24)/b13-12+/t14-,16-,19+,20-/m1/s1. The average Bonchev–Trinajstić information content (AvgIpc) is 2.48. The van der Waals surface area contributed by atoms with Crippen LogP contribution in [0.2, 0.25) is 0 Å². The van der Waals surface area contributed by atoms with Crippen molar-refractivity contribution < 1.29 is 19.8 Å². The topological polar surface area (TPSA) is 74.6 Å². The molecule has 1 saturated carbocycles.